The van der Waals surface area contributed by atoms with Crippen molar-refractivity contribution in [1.82, 2.24) is 0 Å². The van der Waals surface area contributed by atoms with E-state index in [1.165, 1.54) is 11.0 Å². The molecule has 5 atom stereocenters. The van der Waals surface area contributed by atoms with Gasteiger partial charge >= 0.3 is 17.9 Å². The maximum atomic E-state index is 12.7. The number of rotatable bonds is 13. The standard InChI is InChI=1S/C35H44O8S3/c1-24-9-5-4-6-10-26-21-27(36)22-29(26)30(15-16-33(38)42-24)43-34(39)18-17-32(37)41-20-8-3-2-7-19-40-28-13-11-25(12-14-28)31-23-35(44)46-45-31/h6,10-16,23-24,26-27,29-30,36H,2-5,7-9,17-22H2,1H3/b10-6+,16-15+/t24-,26+,27-,29+,30+/m0/s1. The minimum absolute atomic E-state index is 0.0212. The molecule has 0 spiro atoms. The van der Waals surface area contributed by atoms with Gasteiger partial charge < -0.3 is 24.1 Å². The zero-order valence-corrected chi connectivity index (χ0v) is 28.8. The largest absolute Gasteiger partial charge is 0.494 e. The number of cyclic esters (lactones) is 1. The average molecular weight is 689 g/mol. The molecule has 0 bridgehead atoms. The Labute approximate surface area is 283 Å². The molecule has 4 rings (SSSR count). The molecule has 1 aliphatic carbocycles. The molecule has 250 valence electrons. The third-order valence-electron chi connectivity index (χ3n) is 8.14. The van der Waals surface area contributed by atoms with Crippen molar-refractivity contribution in [3.05, 3.63) is 58.5 Å². The van der Waals surface area contributed by atoms with Gasteiger partial charge in [0.15, 0.2) is 0 Å². The monoisotopic (exact) mass is 688 g/mol. The molecule has 2 heterocycles. The zero-order chi connectivity index (χ0) is 32.7. The lowest BCUT2D eigenvalue weighted by Crippen LogP contribution is -2.28. The van der Waals surface area contributed by atoms with Crippen molar-refractivity contribution in [3.8, 4) is 16.2 Å². The van der Waals surface area contributed by atoms with Gasteiger partial charge in [-0.3, -0.25) is 9.59 Å². The highest BCUT2D eigenvalue weighted by molar-refractivity contribution is 7.80. The molecule has 1 fully saturated rings. The van der Waals surface area contributed by atoms with E-state index in [4.69, 9.17) is 31.2 Å². The molecule has 1 saturated carbocycles. The van der Waals surface area contributed by atoms with Gasteiger partial charge in [-0.15, -0.1) is 0 Å². The van der Waals surface area contributed by atoms with Crippen molar-refractivity contribution in [3.63, 3.8) is 0 Å². The Hall–Kier alpha value is -2.86. The number of aliphatic hydroxyl groups excluding tert-OH is 1. The van der Waals surface area contributed by atoms with Crippen LogP contribution in [0.5, 0.6) is 5.75 Å². The molecular formula is C35H44O8S3. The molecule has 1 N–H and O–H groups in total. The summed E-state index contributed by atoms with van der Waals surface area (Å²) in [5.41, 5.74) is 1.14. The average Bonchev–Trinajstić information content (AvgIpc) is 3.64. The SMILES string of the molecule is C[C@H]1CCC/C=C/[C@@H]2C[C@H](O)C[C@H]2[C@H](OC(=O)CCC(=O)OCCCCCCOc2ccc(-c3cc(=S)ss3)cc2)/C=C/C(=O)O1. The summed E-state index contributed by atoms with van der Waals surface area (Å²) < 4.78 is 23.2. The number of aliphatic hydroxyl groups is 1. The van der Waals surface area contributed by atoms with Crippen LogP contribution < -0.4 is 4.74 Å². The fourth-order valence-corrected chi connectivity index (χ4v) is 8.12. The van der Waals surface area contributed by atoms with Crippen LogP contribution in [0.2, 0.25) is 0 Å². The number of benzene rings is 1. The van der Waals surface area contributed by atoms with Crippen molar-refractivity contribution in [1.29, 1.82) is 0 Å². The lowest BCUT2D eigenvalue weighted by Gasteiger charge is -2.24. The van der Waals surface area contributed by atoms with Crippen molar-refractivity contribution >= 4 is 50.8 Å². The molecule has 2 aromatic rings. The van der Waals surface area contributed by atoms with Crippen LogP contribution in [0.4, 0.5) is 0 Å². The molecule has 8 nitrogen and oxygen atoms in total. The van der Waals surface area contributed by atoms with Gasteiger partial charge in [0.2, 0.25) is 0 Å². The van der Waals surface area contributed by atoms with Crippen LogP contribution in [0, 0.1) is 15.7 Å². The van der Waals surface area contributed by atoms with Gasteiger partial charge in [-0.25, -0.2) is 4.79 Å². The Morgan fingerprint density at radius 2 is 1.76 bits per heavy atom. The highest BCUT2D eigenvalue weighted by Gasteiger charge is 2.38. The minimum Gasteiger partial charge on any atom is -0.494 e. The molecular weight excluding hydrogens is 645 g/mol. The molecule has 1 aromatic heterocycles. The van der Waals surface area contributed by atoms with Gasteiger partial charge in [-0.2, -0.15) is 0 Å². The minimum atomic E-state index is -0.713. The van der Waals surface area contributed by atoms with Crippen molar-refractivity contribution in [2.24, 2.45) is 11.8 Å². The lowest BCUT2D eigenvalue weighted by atomic mass is 9.89. The fraction of sp³-hybridized carbons (Fsp3) is 0.543. The highest BCUT2D eigenvalue weighted by Crippen LogP contribution is 2.38. The zero-order valence-electron chi connectivity index (χ0n) is 26.3. The molecule has 2 aliphatic rings. The number of carbonyl (C=O) groups excluding carboxylic acids is 3. The fourth-order valence-electron chi connectivity index (χ4n) is 5.72. The van der Waals surface area contributed by atoms with Crippen LogP contribution in [0.25, 0.3) is 10.4 Å². The van der Waals surface area contributed by atoms with Crippen molar-refractivity contribution in [2.75, 3.05) is 13.2 Å². The molecule has 1 aliphatic heterocycles. The summed E-state index contributed by atoms with van der Waals surface area (Å²) in [6.45, 7) is 2.77. The van der Waals surface area contributed by atoms with Crippen LogP contribution >= 0.6 is 32.9 Å². The summed E-state index contributed by atoms with van der Waals surface area (Å²) in [7, 11) is 3.28. The summed E-state index contributed by atoms with van der Waals surface area (Å²) in [5, 5.41) is 10.3. The summed E-state index contributed by atoms with van der Waals surface area (Å²) in [5.74, 6) is -0.798. The van der Waals surface area contributed by atoms with Crippen LogP contribution in [0.15, 0.2) is 54.6 Å². The van der Waals surface area contributed by atoms with E-state index in [0.717, 1.165) is 60.1 Å². The van der Waals surface area contributed by atoms with Gasteiger partial charge in [-0.05, 0) is 113 Å². The van der Waals surface area contributed by atoms with E-state index in [0.29, 0.717) is 26.1 Å². The molecule has 46 heavy (non-hydrogen) atoms. The van der Waals surface area contributed by atoms with E-state index in [2.05, 4.69) is 12.2 Å². The predicted molar refractivity (Wildman–Crippen MR) is 182 cm³/mol. The number of hydrogen-bond donors (Lipinski definition) is 1. The number of hydrogen-bond acceptors (Lipinski definition) is 11. The predicted octanol–water partition coefficient (Wildman–Crippen LogP) is 8.00. The number of ether oxygens (including phenoxy) is 4. The molecule has 1 aromatic carbocycles. The Morgan fingerprint density at radius 1 is 1.00 bits per heavy atom. The Balaban J connectivity index is 1.11. The van der Waals surface area contributed by atoms with E-state index in [9.17, 15) is 19.5 Å². The van der Waals surface area contributed by atoms with Crippen molar-refractivity contribution in [2.45, 2.75) is 95.9 Å². The van der Waals surface area contributed by atoms with Crippen LogP contribution in [0.1, 0.15) is 77.6 Å². The quantitative estimate of drug-likeness (QED) is 0.0559. The second kappa shape index (κ2) is 19.1. The van der Waals surface area contributed by atoms with E-state index in [-0.39, 0.29) is 30.8 Å². The second-order valence-electron chi connectivity index (χ2n) is 11.9. The van der Waals surface area contributed by atoms with Crippen LogP contribution in [0.3, 0.4) is 0 Å². The maximum Gasteiger partial charge on any atom is 0.330 e. The van der Waals surface area contributed by atoms with Crippen molar-refractivity contribution < 1.29 is 38.4 Å². The Morgan fingerprint density at radius 3 is 2.52 bits per heavy atom. The van der Waals surface area contributed by atoms with Gasteiger partial charge in [0, 0.05) is 16.9 Å². The molecule has 11 heteroatoms. The number of fused-ring (bicyclic) bond motifs is 1. The first kappa shape index (κ1) is 36.0. The third-order valence-corrected chi connectivity index (χ3v) is 11.0. The van der Waals surface area contributed by atoms with E-state index >= 15 is 0 Å². The number of unbranched alkanes of at least 4 members (excludes halogenated alkanes) is 3. The summed E-state index contributed by atoms with van der Waals surface area (Å²) in [6, 6.07) is 10.1. The molecule has 0 amide bonds. The molecule has 0 saturated heterocycles. The first-order valence-electron chi connectivity index (χ1n) is 16.2. The van der Waals surface area contributed by atoms with E-state index in [1.807, 2.05) is 37.3 Å². The van der Waals surface area contributed by atoms with Crippen LogP contribution in [-0.2, 0) is 28.6 Å². The van der Waals surface area contributed by atoms with Gasteiger partial charge in [-0.1, -0.05) is 45.1 Å². The Bertz CT molecular complexity index is 1380. The summed E-state index contributed by atoms with van der Waals surface area (Å²) in [4.78, 5) is 38.5. The molecule has 0 radical (unpaired) electrons. The number of carbonyl (C=O) groups is 3. The lowest BCUT2D eigenvalue weighted by molar-refractivity contribution is -0.154. The summed E-state index contributed by atoms with van der Waals surface area (Å²) >= 11 is 5.21. The van der Waals surface area contributed by atoms with Gasteiger partial charge in [0.25, 0.3) is 0 Å². The third kappa shape index (κ3) is 12.4. The number of esters is 3. The Kier molecular flexibility index (Phi) is 14.9. The second-order valence-corrected chi connectivity index (χ2v) is 14.8. The van der Waals surface area contributed by atoms with Crippen LogP contribution in [-0.4, -0.2) is 54.5 Å². The highest BCUT2D eigenvalue weighted by atomic mass is 32.9. The van der Waals surface area contributed by atoms with Gasteiger partial charge in [0.05, 0.1) is 38.3 Å². The normalized spacial score (nSPS) is 24.7. The van der Waals surface area contributed by atoms with E-state index in [1.54, 1.807) is 26.8 Å². The smallest absolute Gasteiger partial charge is 0.330 e. The first-order valence-corrected chi connectivity index (χ1v) is 18.7. The summed E-state index contributed by atoms with van der Waals surface area (Å²) in [6.07, 6.45) is 12.4. The maximum absolute atomic E-state index is 12.7. The van der Waals surface area contributed by atoms with E-state index < -0.39 is 30.1 Å². The topological polar surface area (TPSA) is 108 Å². The number of allylic oxidation sites excluding steroid dienone is 2. The first-order chi connectivity index (χ1) is 22.3. The molecule has 0 unspecified atom stereocenters. The van der Waals surface area contributed by atoms with Gasteiger partial charge in [0.1, 0.15) is 15.7 Å².